The van der Waals surface area contributed by atoms with Crippen molar-refractivity contribution in [3.63, 3.8) is 0 Å². The predicted octanol–water partition coefficient (Wildman–Crippen LogP) is 1.61. The molecule has 0 spiro atoms. The molecule has 0 bridgehead atoms. The number of hydrogen-bond donors (Lipinski definition) is 1. The average molecular weight is 368 g/mol. The third-order valence-corrected chi connectivity index (χ3v) is 5.86. The summed E-state index contributed by atoms with van der Waals surface area (Å²) in [7, 11) is -1.38. The molecule has 1 fully saturated rings. The summed E-state index contributed by atoms with van der Waals surface area (Å²) in [6, 6.07) is 7.13. The summed E-state index contributed by atoms with van der Waals surface area (Å²) >= 11 is 0. The van der Waals surface area contributed by atoms with E-state index in [9.17, 15) is 13.2 Å². The molecule has 1 N–H and O–H groups in total. The number of amides is 1. The van der Waals surface area contributed by atoms with Gasteiger partial charge < -0.3 is 10.2 Å². The number of anilines is 1. The van der Waals surface area contributed by atoms with Crippen LogP contribution in [-0.4, -0.2) is 58.7 Å². The lowest BCUT2D eigenvalue weighted by atomic mass is 9.94. The second-order valence-corrected chi connectivity index (χ2v) is 8.90. The fourth-order valence-corrected chi connectivity index (χ4v) is 3.92. The van der Waals surface area contributed by atoms with E-state index in [4.69, 9.17) is 0 Å². The highest BCUT2D eigenvalue weighted by molar-refractivity contribution is 7.92. The summed E-state index contributed by atoms with van der Waals surface area (Å²) < 4.78 is 25.2. The number of likely N-dealkylation sites (tertiary alicyclic amines) is 1. The molecule has 1 aromatic rings. The van der Waals surface area contributed by atoms with E-state index in [2.05, 4.69) is 17.3 Å². The molecule has 6 nitrogen and oxygen atoms in total. The van der Waals surface area contributed by atoms with E-state index >= 15 is 0 Å². The lowest BCUT2D eigenvalue weighted by Crippen LogP contribution is -2.41. The number of piperidine rings is 1. The summed E-state index contributed by atoms with van der Waals surface area (Å²) in [5, 5.41) is 2.87. The molecule has 0 saturated carbocycles. The van der Waals surface area contributed by atoms with Crippen molar-refractivity contribution in [3.05, 3.63) is 29.8 Å². The van der Waals surface area contributed by atoms with Gasteiger partial charge in [0.15, 0.2) is 0 Å². The van der Waals surface area contributed by atoms with Crippen molar-refractivity contribution in [2.75, 3.05) is 43.8 Å². The molecule has 25 heavy (non-hydrogen) atoms. The zero-order chi connectivity index (χ0) is 18.4. The summed E-state index contributed by atoms with van der Waals surface area (Å²) in [4.78, 5) is 14.5. The number of nitrogens with zero attached hydrogens (tertiary/aromatic N) is 2. The molecule has 0 atom stereocenters. The molecule has 1 amide bonds. The van der Waals surface area contributed by atoms with Gasteiger partial charge in [0.05, 0.1) is 11.9 Å². The van der Waals surface area contributed by atoms with E-state index in [0.717, 1.165) is 48.5 Å². The normalized spacial score (nSPS) is 16.6. The van der Waals surface area contributed by atoms with Gasteiger partial charge in [-0.3, -0.25) is 9.10 Å². The molecule has 7 heteroatoms. The van der Waals surface area contributed by atoms with Gasteiger partial charge in [-0.15, -0.1) is 0 Å². The van der Waals surface area contributed by atoms with Crippen molar-refractivity contribution in [1.29, 1.82) is 0 Å². The Morgan fingerprint density at radius 2 is 1.84 bits per heavy atom. The van der Waals surface area contributed by atoms with E-state index in [1.54, 1.807) is 12.1 Å². The van der Waals surface area contributed by atoms with Crippen molar-refractivity contribution in [2.24, 2.45) is 5.92 Å². The first-order valence-electron chi connectivity index (χ1n) is 8.75. The maximum absolute atomic E-state index is 12.2. The van der Waals surface area contributed by atoms with Crippen LogP contribution in [0.5, 0.6) is 0 Å². The van der Waals surface area contributed by atoms with Crippen LogP contribution < -0.4 is 9.62 Å². The van der Waals surface area contributed by atoms with Crippen molar-refractivity contribution >= 4 is 21.6 Å². The van der Waals surface area contributed by atoms with Crippen LogP contribution in [0.3, 0.4) is 0 Å². The Kier molecular flexibility index (Phi) is 6.84. The fourth-order valence-electron chi connectivity index (χ4n) is 3.06. The zero-order valence-electron chi connectivity index (χ0n) is 15.4. The van der Waals surface area contributed by atoms with Gasteiger partial charge in [-0.2, -0.15) is 0 Å². The fraction of sp³-hybridized carbons (Fsp3) is 0.611. The van der Waals surface area contributed by atoms with Gasteiger partial charge in [0.2, 0.25) is 15.9 Å². The molecule has 140 valence electrons. The number of carbonyl (C=O) groups excluding carboxylic acids is 1. The first-order chi connectivity index (χ1) is 11.8. The molecule has 0 aromatic heterocycles. The predicted molar refractivity (Wildman–Crippen MR) is 101 cm³/mol. The van der Waals surface area contributed by atoms with E-state index < -0.39 is 10.0 Å². The zero-order valence-corrected chi connectivity index (χ0v) is 16.2. The molecular formula is C18H29N3O3S. The molecule has 2 rings (SSSR count). The number of carbonyl (C=O) groups is 1. The Bertz CT molecular complexity index is 665. The Morgan fingerprint density at radius 1 is 1.24 bits per heavy atom. The second kappa shape index (κ2) is 8.67. The van der Waals surface area contributed by atoms with Crippen LogP contribution >= 0.6 is 0 Å². The van der Waals surface area contributed by atoms with Gasteiger partial charge in [0, 0.05) is 6.54 Å². The molecule has 1 saturated heterocycles. The van der Waals surface area contributed by atoms with E-state index in [0.29, 0.717) is 18.2 Å². The minimum absolute atomic E-state index is 0.185. The van der Waals surface area contributed by atoms with Gasteiger partial charge in [-0.25, -0.2) is 8.42 Å². The molecule has 0 unspecified atom stereocenters. The minimum Gasteiger partial charge on any atom is -0.355 e. The van der Waals surface area contributed by atoms with Crippen molar-refractivity contribution in [2.45, 2.75) is 26.2 Å². The highest BCUT2D eigenvalue weighted by Crippen LogP contribution is 2.19. The highest BCUT2D eigenvalue weighted by Gasteiger charge is 2.21. The van der Waals surface area contributed by atoms with Crippen LogP contribution in [0.2, 0.25) is 0 Å². The van der Waals surface area contributed by atoms with Crippen molar-refractivity contribution in [3.8, 4) is 0 Å². The smallest absolute Gasteiger partial charge is 0.240 e. The van der Waals surface area contributed by atoms with Gasteiger partial charge in [-0.05, 0) is 64.4 Å². The van der Waals surface area contributed by atoms with Crippen LogP contribution in [0.1, 0.15) is 24.8 Å². The average Bonchev–Trinajstić information content (AvgIpc) is 2.54. The van der Waals surface area contributed by atoms with Crippen LogP contribution in [-0.2, 0) is 14.8 Å². The number of nitrogens with one attached hydrogen (secondary N) is 1. The Balaban J connectivity index is 1.86. The van der Waals surface area contributed by atoms with Crippen LogP contribution in [0.25, 0.3) is 0 Å². The van der Waals surface area contributed by atoms with Crippen molar-refractivity contribution < 1.29 is 13.2 Å². The Morgan fingerprint density at radius 3 is 2.40 bits per heavy atom. The van der Waals surface area contributed by atoms with E-state index in [1.165, 1.54) is 0 Å². The largest absolute Gasteiger partial charge is 0.355 e. The topological polar surface area (TPSA) is 69.7 Å². The lowest BCUT2D eigenvalue weighted by molar-refractivity contribution is -0.119. The molecule has 1 aliphatic heterocycles. The standard InChI is InChI=1S/C18H29N3O3S/c1-15-4-6-17(7-5-15)21(25(3,23)24)14-18(22)19-11-8-16-9-12-20(2)13-10-16/h4-7,16H,8-14H2,1-3H3,(H,19,22). The lowest BCUT2D eigenvalue weighted by Gasteiger charge is -2.29. The summed E-state index contributed by atoms with van der Waals surface area (Å²) in [6.45, 7) is 4.56. The summed E-state index contributed by atoms with van der Waals surface area (Å²) in [5.74, 6) is 0.374. The maximum atomic E-state index is 12.2. The molecule has 0 radical (unpaired) electrons. The monoisotopic (exact) mass is 367 g/mol. The molecule has 1 aromatic carbocycles. The van der Waals surface area contributed by atoms with Gasteiger partial charge >= 0.3 is 0 Å². The second-order valence-electron chi connectivity index (χ2n) is 6.99. The first kappa shape index (κ1) is 19.7. The number of aryl methyl sites for hydroxylation is 1. The van der Waals surface area contributed by atoms with Gasteiger partial charge in [0.1, 0.15) is 6.54 Å². The summed E-state index contributed by atoms with van der Waals surface area (Å²) in [6.07, 6.45) is 4.39. The van der Waals surface area contributed by atoms with E-state index in [1.807, 2.05) is 19.1 Å². The van der Waals surface area contributed by atoms with Crippen LogP contribution in [0, 0.1) is 12.8 Å². The quantitative estimate of drug-likeness (QED) is 0.795. The number of sulfonamides is 1. The third kappa shape index (κ3) is 6.32. The number of rotatable bonds is 7. The Hall–Kier alpha value is -1.60. The first-order valence-corrected chi connectivity index (χ1v) is 10.6. The van der Waals surface area contributed by atoms with Gasteiger partial charge in [0.25, 0.3) is 0 Å². The van der Waals surface area contributed by atoms with E-state index in [-0.39, 0.29) is 12.5 Å². The van der Waals surface area contributed by atoms with Gasteiger partial charge in [-0.1, -0.05) is 17.7 Å². The van der Waals surface area contributed by atoms with Crippen LogP contribution in [0.15, 0.2) is 24.3 Å². The number of benzene rings is 1. The van der Waals surface area contributed by atoms with Crippen LogP contribution in [0.4, 0.5) is 5.69 Å². The minimum atomic E-state index is -3.51. The van der Waals surface area contributed by atoms with Crippen molar-refractivity contribution in [1.82, 2.24) is 10.2 Å². The highest BCUT2D eigenvalue weighted by atomic mass is 32.2. The molecular weight excluding hydrogens is 338 g/mol. The maximum Gasteiger partial charge on any atom is 0.240 e. The summed E-state index contributed by atoms with van der Waals surface area (Å²) in [5.41, 5.74) is 1.55. The third-order valence-electron chi connectivity index (χ3n) is 4.72. The number of hydrogen-bond acceptors (Lipinski definition) is 4. The SMILES string of the molecule is Cc1ccc(N(CC(=O)NCCC2CCN(C)CC2)S(C)(=O)=O)cc1. The molecule has 1 heterocycles. The molecule has 1 aliphatic rings. The molecule has 0 aliphatic carbocycles. The Labute approximate surface area is 151 Å².